The van der Waals surface area contributed by atoms with Crippen molar-refractivity contribution in [3.05, 3.63) is 90.2 Å². The van der Waals surface area contributed by atoms with E-state index in [1.807, 2.05) is 42.5 Å². The molecule has 0 aromatic heterocycles. The lowest BCUT2D eigenvalue weighted by Crippen LogP contribution is -2.37. The number of halogens is 1. The normalized spacial score (nSPS) is 22.7. The first-order chi connectivity index (χ1) is 15.1. The second-order valence-corrected chi connectivity index (χ2v) is 7.42. The minimum Gasteiger partial charge on any atom is -0.497 e. The monoisotopic (exact) mass is 418 g/mol. The Kier molecular flexibility index (Phi) is 4.67. The van der Waals surface area contributed by atoms with Crippen molar-refractivity contribution in [3.63, 3.8) is 0 Å². The second kappa shape index (κ2) is 7.52. The number of amides is 2. The maximum atomic E-state index is 13.4. The number of hydrogen-bond acceptors (Lipinski definition) is 5. The van der Waals surface area contributed by atoms with Gasteiger partial charge in [-0.3, -0.25) is 14.4 Å². The van der Waals surface area contributed by atoms with E-state index in [9.17, 15) is 14.0 Å². The largest absolute Gasteiger partial charge is 0.497 e. The quantitative estimate of drug-likeness (QED) is 0.602. The average molecular weight is 418 g/mol. The predicted octanol–water partition coefficient (Wildman–Crippen LogP) is 3.89. The van der Waals surface area contributed by atoms with Gasteiger partial charge in [-0.15, -0.1) is 0 Å². The van der Waals surface area contributed by atoms with Crippen molar-refractivity contribution in [2.45, 2.75) is 12.1 Å². The van der Waals surface area contributed by atoms with Gasteiger partial charge in [0.1, 0.15) is 17.5 Å². The lowest BCUT2D eigenvalue weighted by Gasteiger charge is -2.28. The summed E-state index contributed by atoms with van der Waals surface area (Å²) < 4.78 is 18.6. The molecule has 0 spiro atoms. The van der Waals surface area contributed by atoms with Gasteiger partial charge in [-0.2, -0.15) is 0 Å². The Morgan fingerprint density at radius 3 is 2.13 bits per heavy atom. The van der Waals surface area contributed by atoms with Crippen LogP contribution in [0.5, 0.6) is 5.75 Å². The first-order valence-electron chi connectivity index (χ1n) is 9.87. The second-order valence-electron chi connectivity index (χ2n) is 7.42. The molecule has 2 saturated heterocycles. The number of nitrogens with zero attached hydrogens (tertiary/aromatic N) is 2. The summed E-state index contributed by atoms with van der Waals surface area (Å²) in [5.41, 5.74) is 1.89. The highest BCUT2D eigenvalue weighted by Gasteiger charge is 2.60. The molecule has 5 rings (SSSR count). The number of anilines is 2. The fraction of sp³-hybridized carbons (Fsp3) is 0.167. The van der Waals surface area contributed by atoms with Crippen LogP contribution in [0.2, 0.25) is 0 Å². The van der Waals surface area contributed by atoms with Crippen molar-refractivity contribution in [3.8, 4) is 5.75 Å². The first kappa shape index (κ1) is 19.3. The van der Waals surface area contributed by atoms with Gasteiger partial charge in [-0.25, -0.2) is 14.4 Å². The van der Waals surface area contributed by atoms with Crippen LogP contribution in [-0.2, 0) is 14.4 Å². The van der Waals surface area contributed by atoms with Crippen molar-refractivity contribution in [2.75, 3.05) is 17.1 Å². The van der Waals surface area contributed by atoms with E-state index in [2.05, 4.69) is 0 Å². The topological polar surface area (TPSA) is 59.1 Å². The highest BCUT2D eigenvalue weighted by Crippen LogP contribution is 2.47. The lowest BCUT2D eigenvalue weighted by molar-refractivity contribution is -0.126. The fourth-order valence-corrected chi connectivity index (χ4v) is 4.20. The molecule has 2 aliphatic heterocycles. The van der Waals surface area contributed by atoms with Gasteiger partial charge < -0.3 is 4.74 Å². The van der Waals surface area contributed by atoms with Crippen LogP contribution in [-0.4, -0.2) is 25.0 Å². The molecule has 3 aromatic carbocycles. The van der Waals surface area contributed by atoms with Crippen molar-refractivity contribution < 1.29 is 23.6 Å². The SMILES string of the molecule is COc1ccc(N2O[C@@H]3C(=O)N(c4ccc(F)cc4)C(=O)[C@H]3[C@H]2c2ccccc2)cc1. The number of methoxy groups -OCH3 is 1. The molecule has 2 heterocycles. The third kappa shape index (κ3) is 3.14. The van der Waals surface area contributed by atoms with E-state index in [-0.39, 0.29) is 5.91 Å². The number of ether oxygens (including phenoxy) is 1. The van der Waals surface area contributed by atoms with E-state index in [1.165, 1.54) is 24.3 Å². The van der Waals surface area contributed by atoms with Crippen molar-refractivity contribution in [1.82, 2.24) is 0 Å². The summed E-state index contributed by atoms with van der Waals surface area (Å²) in [6.45, 7) is 0. The molecule has 0 saturated carbocycles. The summed E-state index contributed by atoms with van der Waals surface area (Å²) in [5.74, 6) is -1.31. The number of fused-ring (bicyclic) bond motifs is 1. The van der Waals surface area contributed by atoms with E-state index in [1.54, 1.807) is 24.3 Å². The standard InChI is InChI=1S/C24H19FN2O4/c1-30-19-13-11-18(12-14-19)27-21(15-5-3-2-4-6-15)20-22(31-27)24(29)26(23(20)28)17-9-7-16(25)8-10-17/h2-14,20-22H,1H3/t20-,21+,22-/m0/s1. The van der Waals surface area contributed by atoms with Gasteiger partial charge in [0.2, 0.25) is 5.91 Å². The minimum atomic E-state index is -0.968. The zero-order chi connectivity index (χ0) is 21.5. The number of imide groups is 1. The van der Waals surface area contributed by atoms with Gasteiger partial charge in [0.05, 0.1) is 24.5 Å². The third-order valence-corrected chi connectivity index (χ3v) is 5.67. The highest BCUT2D eigenvalue weighted by atomic mass is 19.1. The Labute approximate surface area is 178 Å². The van der Waals surface area contributed by atoms with E-state index < -0.39 is 29.8 Å². The summed E-state index contributed by atoms with van der Waals surface area (Å²) in [4.78, 5) is 33.8. The molecule has 3 atom stereocenters. The summed E-state index contributed by atoms with van der Waals surface area (Å²) in [7, 11) is 1.58. The zero-order valence-corrected chi connectivity index (χ0v) is 16.6. The van der Waals surface area contributed by atoms with Crippen LogP contribution >= 0.6 is 0 Å². The molecule has 3 aromatic rings. The summed E-state index contributed by atoms with van der Waals surface area (Å²) in [5, 5.41) is 1.63. The molecule has 6 nitrogen and oxygen atoms in total. The predicted molar refractivity (Wildman–Crippen MR) is 112 cm³/mol. The first-order valence-corrected chi connectivity index (χ1v) is 9.87. The molecule has 7 heteroatoms. The van der Waals surface area contributed by atoms with Crippen LogP contribution in [0.1, 0.15) is 11.6 Å². The van der Waals surface area contributed by atoms with Crippen molar-refractivity contribution in [1.29, 1.82) is 0 Å². The summed E-state index contributed by atoms with van der Waals surface area (Å²) in [6.07, 6.45) is -0.968. The minimum absolute atomic E-state index is 0.331. The van der Waals surface area contributed by atoms with Crippen LogP contribution in [0.15, 0.2) is 78.9 Å². The number of carbonyl (C=O) groups excluding carboxylic acids is 2. The number of rotatable bonds is 4. The van der Waals surface area contributed by atoms with Crippen LogP contribution in [0.25, 0.3) is 0 Å². The maximum Gasteiger partial charge on any atom is 0.266 e. The molecule has 2 aliphatic rings. The van der Waals surface area contributed by atoms with Crippen LogP contribution < -0.4 is 14.7 Å². The number of carbonyl (C=O) groups is 2. The maximum absolute atomic E-state index is 13.4. The molecule has 0 radical (unpaired) electrons. The highest BCUT2D eigenvalue weighted by molar-refractivity contribution is 6.23. The molecule has 0 aliphatic carbocycles. The van der Waals surface area contributed by atoms with Gasteiger partial charge in [-0.1, -0.05) is 30.3 Å². The van der Waals surface area contributed by atoms with Gasteiger partial charge in [-0.05, 0) is 54.1 Å². The molecular weight excluding hydrogens is 399 g/mol. The number of hydrogen-bond donors (Lipinski definition) is 0. The Morgan fingerprint density at radius 2 is 1.48 bits per heavy atom. The Balaban J connectivity index is 1.55. The van der Waals surface area contributed by atoms with Gasteiger partial charge in [0.15, 0.2) is 6.10 Å². The van der Waals surface area contributed by atoms with Crippen molar-refractivity contribution in [2.24, 2.45) is 5.92 Å². The van der Waals surface area contributed by atoms with Crippen molar-refractivity contribution >= 4 is 23.2 Å². The molecule has 31 heavy (non-hydrogen) atoms. The van der Waals surface area contributed by atoms with E-state index in [4.69, 9.17) is 9.57 Å². The lowest BCUT2D eigenvalue weighted by atomic mass is 9.90. The molecule has 156 valence electrons. The molecule has 0 bridgehead atoms. The van der Waals surface area contributed by atoms with Gasteiger partial charge >= 0.3 is 0 Å². The average Bonchev–Trinajstić information content (AvgIpc) is 3.31. The molecule has 2 amide bonds. The Morgan fingerprint density at radius 1 is 0.839 bits per heavy atom. The summed E-state index contributed by atoms with van der Waals surface area (Å²) in [6, 6.07) is 21.5. The van der Waals surface area contributed by atoms with E-state index in [0.717, 1.165) is 10.5 Å². The van der Waals surface area contributed by atoms with E-state index >= 15 is 0 Å². The molecule has 2 fully saturated rings. The Bertz CT molecular complexity index is 1120. The van der Waals surface area contributed by atoms with Crippen LogP contribution in [0.3, 0.4) is 0 Å². The number of benzene rings is 3. The Hall–Kier alpha value is -3.71. The third-order valence-electron chi connectivity index (χ3n) is 5.67. The molecule has 0 N–H and O–H groups in total. The zero-order valence-electron chi connectivity index (χ0n) is 16.6. The molecular formula is C24H19FN2O4. The van der Waals surface area contributed by atoms with Gasteiger partial charge in [0, 0.05) is 0 Å². The summed E-state index contributed by atoms with van der Waals surface area (Å²) >= 11 is 0. The fourth-order valence-electron chi connectivity index (χ4n) is 4.20. The van der Waals surface area contributed by atoms with Gasteiger partial charge in [0.25, 0.3) is 5.91 Å². The van der Waals surface area contributed by atoms with Crippen LogP contribution in [0, 0.1) is 11.7 Å². The van der Waals surface area contributed by atoms with Crippen LogP contribution in [0.4, 0.5) is 15.8 Å². The number of hydroxylamine groups is 1. The molecule has 0 unspecified atom stereocenters. The van der Waals surface area contributed by atoms with E-state index in [0.29, 0.717) is 17.1 Å². The smallest absolute Gasteiger partial charge is 0.266 e.